The minimum Gasteiger partial charge on any atom is -0.378 e. The first-order chi connectivity index (χ1) is 16.3. The van der Waals surface area contributed by atoms with E-state index in [0.29, 0.717) is 18.6 Å². The number of morpholine rings is 2. The lowest BCUT2D eigenvalue weighted by molar-refractivity contribution is 0.0532. The molecule has 2 fully saturated rings. The van der Waals surface area contributed by atoms with Gasteiger partial charge in [-0.05, 0) is 18.2 Å². The van der Waals surface area contributed by atoms with Crippen molar-refractivity contribution in [3.63, 3.8) is 0 Å². The van der Waals surface area contributed by atoms with Crippen LogP contribution in [0.1, 0.15) is 17.7 Å². The molecule has 0 atom stereocenters. The average molecular weight is 446 g/mol. The molecule has 0 saturated carbocycles. The topological polar surface area (TPSA) is 75.6 Å². The molecule has 2 saturated heterocycles. The number of aromatic nitrogens is 3. The maximum Gasteiger partial charge on any atom is 0.280 e. The lowest BCUT2D eigenvalue weighted by atomic mass is 10.1. The number of ether oxygens (including phenoxy) is 2. The normalized spacial score (nSPS) is 19.2. The van der Waals surface area contributed by atoms with E-state index in [1.807, 2.05) is 30.3 Å². The fourth-order valence-electron chi connectivity index (χ4n) is 4.87. The molecule has 0 spiro atoms. The molecule has 4 heterocycles. The molecular weight excluding hydrogens is 418 g/mol. The third-order valence-electron chi connectivity index (χ3n) is 6.62. The summed E-state index contributed by atoms with van der Waals surface area (Å²) < 4.78 is 12.8. The molecule has 170 valence electrons. The molecule has 0 bridgehead atoms. The predicted octanol–water partition coefficient (Wildman–Crippen LogP) is 2.46. The number of rotatable bonds is 3. The maximum absolute atomic E-state index is 13.3. The van der Waals surface area contributed by atoms with Crippen LogP contribution in [0.2, 0.25) is 0 Å². The van der Waals surface area contributed by atoms with Gasteiger partial charge in [-0.3, -0.25) is 14.9 Å². The Balaban J connectivity index is 1.54. The SMILES string of the molecule is O=c1c2cnc3c(c2[nH]n1-c1ccccc1)C=C(N1CCOCC1)CC=C3N1CCOCC1. The smallest absolute Gasteiger partial charge is 0.280 e. The molecule has 2 aromatic heterocycles. The first-order valence-electron chi connectivity index (χ1n) is 11.6. The summed E-state index contributed by atoms with van der Waals surface area (Å²) in [6, 6.07) is 9.67. The third-order valence-corrected chi connectivity index (χ3v) is 6.62. The van der Waals surface area contributed by atoms with Crippen LogP contribution in [-0.4, -0.2) is 77.2 Å². The van der Waals surface area contributed by atoms with E-state index < -0.39 is 0 Å². The van der Waals surface area contributed by atoms with Gasteiger partial charge in [0.05, 0.1) is 54.4 Å². The van der Waals surface area contributed by atoms with Crippen LogP contribution < -0.4 is 5.56 Å². The number of hydrogen-bond acceptors (Lipinski definition) is 6. The number of aromatic amines is 1. The second-order valence-corrected chi connectivity index (χ2v) is 8.53. The van der Waals surface area contributed by atoms with Crippen molar-refractivity contribution in [2.75, 3.05) is 52.6 Å². The summed E-state index contributed by atoms with van der Waals surface area (Å²) in [4.78, 5) is 22.8. The largest absolute Gasteiger partial charge is 0.378 e. The Hall–Kier alpha value is -3.36. The quantitative estimate of drug-likeness (QED) is 0.668. The number of nitrogens with zero attached hydrogens (tertiary/aromatic N) is 4. The number of nitrogens with one attached hydrogen (secondary N) is 1. The highest BCUT2D eigenvalue weighted by Crippen LogP contribution is 2.33. The summed E-state index contributed by atoms with van der Waals surface area (Å²) in [6.07, 6.45) is 7.03. The number of fused-ring (bicyclic) bond motifs is 3. The van der Waals surface area contributed by atoms with Crippen LogP contribution >= 0.6 is 0 Å². The van der Waals surface area contributed by atoms with Gasteiger partial charge in [0.15, 0.2) is 0 Å². The van der Waals surface area contributed by atoms with E-state index in [4.69, 9.17) is 14.5 Å². The van der Waals surface area contributed by atoms with Crippen LogP contribution in [0.5, 0.6) is 0 Å². The zero-order valence-electron chi connectivity index (χ0n) is 18.5. The molecule has 0 amide bonds. The van der Waals surface area contributed by atoms with Gasteiger partial charge >= 0.3 is 0 Å². The number of pyridine rings is 1. The highest BCUT2D eigenvalue weighted by atomic mass is 16.5. The second-order valence-electron chi connectivity index (χ2n) is 8.53. The zero-order valence-corrected chi connectivity index (χ0v) is 18.5. The lowest BCUT2D eigenvalue weighted by Gasteiger charge is -2.31. The van der Waals surface area contributed by atoms with Crippen LogP contribution in [0.3, 0.4) is 0 Å². The minimum absolute atomic E-state index is 0.0889. The molecule has 1 aliphatic carbocycles. The molecule has 0 radical (unpaired) electrons. The van der Waals surface area contributed by atoms with E-state index in [2.05, 4.69) is 27.1 Å². The second kappa shape index (κ2) is 8.53. The summed E-state index contributed by atoms with van der Waals surface area (Å²) in [5, 5.41) is 3.98. The average Bonchev–Trinajstić information content (AvgIpc) is 3.09. The number of benzene rings is 1. The molecule has 3 aliphatic rings. The van der Waals surface area contributed by atoms with Gasteiger partial charge in [-0.2, -0.15) is 0 Å². The van der Waals surface area contributed by atoms with Crippen molar-refractivity contribution in [1.29, 1.82) is 0 Å². The van der Waals surface area contributed by atoms with Crippen molar-refractivity contribution in [2.45, 2.75) is 6.42 Å². The Morgan fingerprint density at radius 3 is 2.33 bits per heavy atom. The van der Waals surface area contributed by atoms with Crippen molar-refractivity contribution < 1.29 is 9.47 Å². The first-order valence-corrected chi connectivity index (χ1v) is 11.6. The van der Waals surface area contributed by atoms with Crippen molar-refractivity contribution in [1.82, 2.24) is 24.6 Å². The van der Waals surface area contributed by atoms with Gasteiger partial charge in [-0.15, -0.1) is 0 Å². The van der Waals surface area contributed by atoms with Crippen LogP contribution in [0.25, 0.3) is 28.4 Å². The van der Waals surface area contributed by atoms with Crippen molar-refractivity contribution in [3.05, 3.63) is 69.9 Å². The summed E-state index contributed by atoms with van der Waals surface area (Å²) in [5.74, 6) is 0. The molecular formula is C25H27N5O3. The highest BCUT2D eigenvalue weighted by Gasteiger charge is 2.25. The van der Waals surface area contributed by atoms with Gasteiger partial charge in [-0.25, -0.2) is 4.68 Å². The van der Waals surface area contributed by atoms with Gasteiger partial charge < -0.3 is 19.3 Å². The lowest BCUT2D eigenvalue weighted by Crippen LogP contribution is -2.35. The maximum atomic E-state index is 13.3. The number of H-pyrrole nitrogens is 1. The first kappa shape index (κ1) is 20.3. The Morgan fingerprint density at radius 1 is 0.909 bits per heavy atom. The Labute approximate surface area is 191 Å². The highest BCUT2D eigenvalue weighted by molar-refractivity contribution is 5.92. The van der Waals surface area contributed by atoms with E-state index >= 15 is 0 Å². The molecule has 8 nitrogen and oxygen atoms in total. The van der Waals surface area contributed by atoms with E-state index in [1.54, 1.807) is 10.9 Å². The fourth-order valence-corrected chi connectivity index (χ4v) is 4.87. The van der Waals surface area contributed by atoms with Gasteiger partial charge in [0.25, 0.3) is 5.56 Å². The van der Waals surface area contributed by atoms with Gasteiger partial charge in [0.2, 0.25) is 0 Å². The molecule has 8 heteroatoms. The van der Waals surface area contributed by atoms with E-state index in [-0.39, 0.29) is 5.56 Å². The summed E-state index contributed by atoms with van der Waals surface area (Å²) >= 11 is 0. The Kier molecular flexibility index (Phi) is 5.24. The van der Waals surface area contributed by atoms with Crippen LogP contribution in [0, 0.1) is 0 Å². The van der Waals surface area contributed by atoms with Crippen LogP contribution in [0.4, 0.5) is 0 Å². The van der Waals surface area contributed by atoms with Crippen molar-refractivity contribution in [3.8, 4) is 5.69 Å². The van der Waals surface area contributed by atoms with Crippen molar-refractivity contribution in [2.24, 2.45) is 0 Å². The summed E-state index contributed by atoms with van der Waals surface area (Å²) in [6.45, 7) is 6.28. The molecule has 0 unspecified atom stereocenters. The zero-order chi connectivity index (χ0) is 22.2. The van der Waals surface area contributed by atoms with Crippen LogP contribution in [-0.2, 0) is 9.47 Å². The summed E-state index contributed by atoms with van der Waals surface area (Å²) in [5.41, 5.74) is 5.76. The van der Waals surface area contributed by atoms with E-state index in [1.165, 1.54) is 5.70 Å². The van der Waals surface area contributed by atoms with Gasteiger partial charge in [0.1, 0.15) is 0 Å². The fraction of sp³-hybridized carbons (Fsp3) is 0.360. The van der Waals surface area contributed by atoms with Crippen molar-refractivity contribution >= 4 is 22.7 Å². The standard InChI is InChI=1S/C25H27N5O3/c31-25-21-17-26-24-20(23(21)27-30(25)18-4-2-1-3-5-18)16-19(28-8-12-32-13-9-28)6-7-22(24)29-10-14-33-15-11-29/h1-5,7,16-17,27H,6,8-15H2. The molecule has 2 aliphatic heterocycles. The molecule has 1 N–H and O–H groups in total. The Bertz CT molecular complexity index is 1280. The number of allylic oxidation sites excluding steroid dienone is 1. The molecule has 6 rings (SSSR count). The molecule has 1 aromatic carbocycles. The Morgan fingerprint density at radius 2 is 1.61 bits per heavy atom. The molecule has 3 aromatic rings. The predicted molar refractivity (Wildman–Crippen MR) is 127 cm³/mol. The monoisotopic (exact) mass is 445 g/mol. The van der Waals surface area contributed by atoms with E-state index in [9.17, 15) is 4.79 Å². The minimum atomic E-state index is -0.0889. The van der Waals surface area contributed by atoms with Crippen LogP contribution in [0.15, 0.2) is 53.1 Å². The van der Waals surface area contributed by atoms with Gasteiger partial charge in [-0.1, -0.05) is 24.3 Å². The third kappa shape index (κ3) is 3.65. The van der Waals surface area contributed by atoms with E-state index in [0.717, 1.165) is 74.0 Å². The number of hydrogen-bond donors (Lipinski definition) is 1. The molecule has 33 heavy (non-hydrogen) atoms. The van der Waals surface area contributed by atoms with Gasteiger partial charge in [0, 0.05) is 50.1 Å². The summed E-state index contributed by atoms with van der Waals surface area (Å²) in [7, 11) is 0. The number of para-hydroxylation sites is 1.